The zero-order valence-electron chi connectivity index (χ0n) is 14.5. The van der Waals surface area contributed by atoms with E-state index in [4.69, 9.17) is 16.3 Å². The van der Waals surface area contributed by atoms with E-state index in [1.54, 1.807) is 24.3 Å². The van der Waals surface area contributed by atoms with Crippen LogP contribution in [0.5, 0.6) is 5.75 Å². The third kappa shape index (κ3) is 5.82. The number of nitrogens with one attached hydrogen (secondary N) is 1. The molecule has 0 spiro atoms. The van der Waals surface area contributed by atoms with Crippen LogP contribution in [0.4, 0.5) is 0 Å². The van der Waals surface area contributed by atoms with E-state index >= 15 is 0 Å². The van der Waals surface area contributed by atoms with Gasteiger partial charge in [0.25, 0.3) is 10.0 Å². The lowest BCUT2D eigenvalue weighted by molar-refractivity contribution is 0.306. The summed E-state index contributed by atoms with van der Waals surface area (Å²) in [6.07, 6.45) is 1.42. The third-order valence-electron chi connectivity index (χ3n) is 3.71. The summed E-state index contributed by atoms with van der Waals surface area (Å²) in [7, 11) is -3.73. The molecule has 8 heteroatoms. The van der Waals surface area contributed by atoms with E-state index < -0.39 is 10.0 Å². The van der Waals surface area contributed by atoms with Crippen LogP contribution in [-0.2, 0) is 16.6 Å². The van der Waals surface area contributed by atoms with Crippen molar-refractivity contribution in [3.8, 4) is 5.75 Å². The number of hydrogen-bond acceptors (Lipinski definition) is 4. The molecule has 0 aliphatic heterocycles. The van der Waals surface area contributed by atoms with Crippen molar-refractivity contribution in [3.05, 3.63) is 93.4 Å². The van der Waals surface area contributed by atoms with Gasteiger partial charge in [0.15, 0.2) is 0 Å². The van der Waals surface area contributed by atoms with E-state index in [9.17, 15) is 8.42 Å². The summed E-state index contributed by atoms with van der Waals surface area (Å²) in [5.74, 6) is 0.710. The summed E-state index contributed by atoms with van der Waals surface area (Å²) in [5, 5.41) is 4.27. The van der Waals surface area contributed by atoms with Gasteiger partial charge in [-0.3, -0.25) is 0 Å². The lowest BCUT2D eigenvalue weighted by Gasteiger charge is -2.07. The summed E-state index contributed by atoms with van der Waals surface area (Å²) in [6.45, 7) is 0.460. The Labute approximate surface area is 177 Å². The molecule has 0 saturated carbocycles. The summed E-state index contributed by atoms with van der Waals surface area (Å²) < 4.78 is 31.0. The lowest BCUT2D eigenvalue weighted by atomic mass is 10.2. The maximum atomic E-state index is 12.1. The van der Waals surface area contributed by atoms with Gasteiger partial charge in [-0.05, 0) is 71.8 Å². The average molecular weight is 480 g/mol. The molecule has 0 unspecified atom stereocenters. The van der Waals surface area contributed by atoms with Crippen LogP contribution < -0.4 is 9.57 Å². The Morgan fingerprint density at radius 3 is 2.25 bits per heavy atom. The molecule has 1 N–H and O–H groups in total. The number of ether oxygens (including phenoxy) is 1. The fraction of sp³-hybridized carbons (Fsp3) is 0.0500. The molecule has 0 atom stereocenters. The molecular weight excluding hydrogens is 464 g/mol. The minimum atomic E-state index is -3.73. The lowest BCUT2D eigenvalue weighted by Crippen LogP contribution is -2.18. The molecule has 0 saturated heterocycles. The molecule has 0 aromatic heterocycles. The Morgan fingerprint density at radius 2 is 1.61 bits per heavy atom. The zero-order chi connectivity index (χ0) is 20.0. The minimum Gasteiger partial charge on any atom is -0.489 e. The standard InChI is InChI=1S/C20H16BrClN2O3S/c21-17-5-1-16(2-6-17)14-27-19-9-3-15(4-10-19)13-23-24-28(25,26)20-11-7-18(22)8-12-20/h1-13,24H,14H2/b23-13-. The summed E-state index contributed by atoms with van der Waals surface area (Å²) >= 11 is 9.16. The molecule has 0 aliphatic rings. The van der Waals surface area contributed by atoms with Gasteiger partial charge in [-0.15, -0.1) is 0 Å². The van der Waals surface area contributed by atoms with Crippen LogP contribution in [0, 0.1) is 0 Å². The molecule has 144 valence electrons. The van der Waals surface area contributed by atoms with Gasteiger partial charge in [0.1, 0.15) is 12.4 Å². The number of benzene rings is 3. The molecule has 0 fully saturated rings. The van der Waals surface area contributed by atoms with Gasteiger partial charge in [-0.2, -0.15) is 13.5 Å². The smallest absolute Gasteiger partial charge is 0.276 e. The van der Waals surface area contributed by atoms with Gasteiger partial charge in [0, 0.05) is 9.50 Å². The molecule has 0 aliphatic carbocycles. The molecule has 28 heavy (non-hydrogen) atoms. The van der Waals surface area contributed by atoms with Gasteiger partial charge >= 0.3 is 0 Å². The van der Waals surface area contributed by atoms with Crippen LogP contribution in [0.25, 0.3) is 0 Å². The van der Waals surface area contributed by atoms with Crippen molar-refractivity contribution in [2.45, 2.75) is 11.5 Å². The zero-order valence-corrected chi connectivity index (χ0v) is 17.7. The molecule has 3 aromatic carbocycles. The normalized spacial score (nSPS) is 11.5. The van der Waals surface area contributed by atoms with Crippen molar-refractivity contribution in [1.82, 2.24) is 4.83 Å². The molecule has 0 radical (unpaired) electrons. The number of hydrazone groups is 1. The van der Waals surface area contributed by atoms with Crippen molar-refractivity contribution < 1.29 is 13.2 Å². The van der Waals surface area contributed by atoms with E-state index in [0.29, 0.717) is 17.4 Å². The fourth-order valence-corrected chi connectivity index (χ4v) is 3.42. The summed E-state index contributed by atoms with van der Waals surface area (Å²) in [6, 6.07) is 20.9. The van der Waals surface area contributed by atoms with Gasteiger partial charge in [-0.1, -0.05) is 39.7 Å². The second-order valence-corrected chi connectivity index (χ2v) is 8.80. The van der Waals surface area contributed by atoms with Crippen LogP contribution in [0.2, 0.25) is 5.02 Å². The highest BCUT2D eigenvalue weighted by molar-refractivity contribution is 9.10. The summed E-state index contributed by atoms with van der Waals surface area (Å²) in [4.78, 5) is 2.26. The van der Waals surface area contributed by atoms with Crippen molar-refractivity contribution >= 4 is 43.8 Å². The van der Waals surface area contributed by atoms with Crippen LogP contribution in [0.15, 0.2) is 87.3 Å². The second kappa shape index (κ2) is 9.23. The third-order valence-corrected chi connectivity index (χ3v) is 5.73. The van der Waals surface area contributed by atoms with Crippen molar-refractivity contribution in [3.63, 3.8) is 0 Å². The highest BCUT2D eigenvalue weighted by atomic mass is 79.9. The molecule has 0 amide bonds. The minimum absolute atomic E-state index is 0.0886. The molecule has 0 bridgehead atoms. The van der Waals surface area contributed by atoms with E-state index in [-0.39, 0.29) is 4.90 Å². The van der Waals surface area contributed by atoms with Crippen molar-refractivity contribution in [2.75, 3.05) is 0 Å². The largest absolute Gasteiger partial charge is 0.489 e. The first-order valence-electron chi connectivity index (χ1n) is 8.20. The molecule has 0 heterocycles. The Morgan fingerprint density at radius 1 is 0.964 bits per heavy atom. The topological polar surface area (TPSA) is 67.8 Å². The Hall–Kier alpha value is -2.35. The van der Waals surface area contributed by atoms with Gasteiger partial charge in [0.05, 0.1) is 11.1 Å². The Balaban J connectivity index is 1.56. The molecular formula is C20H16BrClN2O3S. The van der Waals surface area contributed by atoms with Crippen LogP contribution in [0.1, 0.15) is 11.1 Å². The number of hydrogen-bond donors (Lipinski definition) is 1. The second-order valence-electron chi connectivity index (χ2n) is 5.79. The number of rotatable bonds is 7. The predicted molar refractivity (Wildman–Crippen MR) is 114 cm³/mol. The van der Waals surface area contributed by atoms with E-state index in [0.717, 1.165) is 15.6 Å². The van der Waals surface area contributed by atoms with E-state index in [1.807, 2.05) is 24.3 Å². The van der Waals surface area contributed by atoms with E-state index in [1.165, 1.54) is 30.5 Å². The van der Waals surface area contributed by atoms with Gasteiger partial charge < -0.3 is 4.74 Å². The van der Waals surface area contributed by atoms with E-state index in [2.05, 4.69) is 25.9 Å². The fourth-order valence-electron chi connectivity index (χ4n) is 2.23. The van der Waals surface area contributed by atoms with Crippen molar-refractivity contribution in [1.29, 1.82) is 0 Å². The first-order valence-corrected chi connectivity index (χ1v) is 10.9. The Kier molecular flexibility index (Phi) is 6.72. The number of halogens is 2. The van der Waals surface area contributed by atoms with Crippen LogP contribution in [0.3, 0.4) is 0 Å². The van der Waals surface area contributed by atoms with Gasteiger partial charge in [-0.25, -0.2) is 4.83 Å². The maximum absolute atomic E-state index is 12.1. The average Bonchev–Trinajstić information content (AvgIpc) is 2.69. The maximum Gasteiger partial charge on any atom is 0.276 e. The molecule has 5 nitrogen and oxygen atoms in total. The predicted octanol–water partition coefficient (Wildman–Crippen LogP) is 4.99. The SMILES string of the molecule is O=S(=O)(N/N=C\c1ccc(OCc2ccc(Br)cc2)cc1)c1ccc(Cl)cc1. The quantitative estimate of drug-likeness (QED) is 0.383. The Bertz CT molecular complexity index is 1050. The number of nitrogens with zero attached hydrogens (tertiary/aromatic N) is 1. The molecule has 3 rings (SSSR count). The highest BCUT2D eigenvalue weighted by Crippen LogP contribution is 2.16. The van der Waals surface area contributed by atoms with Crippen LogP contribution >= 0.6 is 27.5 Å². The molecule has 3 aromatic rings. The number of sulfonamides is 1. The van der Waals surface area contributed by atoms with Crippen LogP contribution in [-0.4, -0.2) is 14.6 Å². The summed E-state index contributed by atoms with van der Waals surface area (Å²) in [5.41, 5.74) is 1.79. The first kappa shape index (κ1) is 20.4. The van der Waals surface area contributed by atoms with Gasteiger partial charge in [0.2, 0.25) is 0 Å². The monoisotopic (exact) mass is 478 g/mol. The van der Waals surface area contributed by atoms with Crippen molar-refractivity contribution in [2.24, 2.45) is 5.10 Å². The highest BCUT2D eigenvalue weighted by Gasteiger charge is 2.11. The first-order chi connectivity index (χ1) is 13.4.